The van der Waals surface area contributed by atoms with E-state index in [1.165, 1.54) is 0 Å². The van der Waals surface area contributed by atoms with Gasteiger partial charge in [-0.15, -0.1) is 0 Å². The maximum absolute atomic E-state index is 12.5. The number of hydrogen-bond donors (Lipinski definition) is 0. The van der Waals surface area contributed by atoms with E-state index in [2.05, 4.69) is 15.2 Å². The predicted octanol–water partition coefficient (Wildman–Crippen LogP) is 1.85. The Morgan fingerprint density at radius 2 is 2.14 bits per heavy atom. The fraction of sp³-hybridized carbons (Fsp3) is 0.333. The van der Waals surface area contributed by atoms with Crippen LogP contribution in [0.5, 0.6) is 0 Å². The summed E-state index contributed by atoms with van der Waals surface area (Å²) < 4.78 is 6.72. The van der Waals surface area contributed by atoms with Crippen molar-refractivity contribution in [1.29, 1.82) is 0 Å². The van der Waals surface area contributed by atoms with Gasteiger partial charge in [0.25, 0.3) is 5.91 Å². The number of hydrogen-bond acceptors (Lipinski definition) is 5. The van der Waals surface area contributed by atoms with Crippen LogP contribution in [-0.4, -0.2) is 37.8 Å². The second-order valence-electron chi connectivity index (χ2n) is 5.39. The van der Waals surface area contributed by atoms with Crippen molar-refractivity contribution in [2.75, 3.05) is 7.05 Å². The number of nitrogens with zero attached hydrogens (tertiary/aromatic N) is 5. The lowest BCUT2D eigenvalue weighted by molar-refractivity contribution is 0.0782. The molecule has 0 N–H and O–H groups in total. The van der Waals surface area contributed by atoms with Crippen molar-refractivity contribution in [1.82, 2.24) is 24.8 Å². The van der Waals surface area contributed by atoms with Crippen molar-refractivity contribution in [3.63, 3.8) is 0 Å². The predicted molar refractivity (Wildman–Crippen MR) is 80.3 cm³/mol. The SMILES string of the molecule is Cc1cc(CN(C)C(=O)c2cnc3c(c2)c(C)nn3C)no1. The van der Waals surface area contributed by atoms with Gasteiger partial charge in [-0.05, 0) is 19.9 Å². The molecule has 1 amide bonds. The second kappa shape index (κ2) is 5.25. The van der Waals surface area contributed by atoms with Crippen molar-refractivity contribution in [3.05, 3.63) is 41.0 Å². The maximum Gasteiger partial charge on any atom is 0.255 e. The topological polar surface area (TPSA) is 77.1 Å². The third kappa shape index (κ3) is 2.45. The third-order valence-corrected chi connectivity index (χ3v) is 3.53. The van der Waals surface area contributed by atoms with Gasteiger partial charge >= 0.3 is 0 Å². The van der Waals surface area contributed by atoms with E-state index in [0.29, 0.717) is 12.1 Å². The molecule has 7 nitrogen and oxygen atoms in total. The van der Waals surface area contributed by atoms with Gasteiger partial charge in [-0.25, -0.2) is 4.98 Å². The Morgan fingerprint density at radius 1 is 1.36 bits per heavy atom. The molecule has 3 aromatic heterocycles. The van der Waals surface area contributed by atoms with Crippen LogP contribution in [0.4, 0.5) is 0 Å². The van der Waals surface area contributed by atoms with E-state index < -0.39 is 0 Å². The summed E-state index contributed by atoms with van der Waals surface area (Å²) in [7, 11) is 3.56. The number of carbonyl (C=O) groups is 1. The van der Waals surface area contributed by atoms with Crippen molar-refractivity contribution in [2.24, 2.45) is 7.05 Å². The van der Waals surface area contributed by atoms with Gasteiger partial charge in [0.05, 0.1) is 17.8 Å². The van der Waals surface area contributed by atoms with Crippen LogP contribution >= 0.6 is 0 Å². The van der Waals surface area contributed by atoms with E-state index in [1.54, 1.807) is 22.8 Å². The number of rotatable bonds is 3. The van der Waals surface area contributed by atoms with Crippen LogP contribution in [-0.2, 0) is 13.6 Å². The molecule has 0 radical (unpaired) electrons. The summed E-state index contributed by atoms with van der Waals surface area (Å²) in [6.45, 7) is 4.11. The molecule has 0 spiro atoms. The molecular weight excluding hydrogens is 282 g/mol. The molecule has 0 unspecified atom stereocenters. The number of aryl methyl sites for hydroxylation is 3. The van der Waals surface area contributed by atoms with Crippen LogP contribution in [0.3, 0.4) is 0 Å². The molecule has 0 saturated heterocycles. The molecule has 0 aliphatic heterocycles. The summed E-state index contributed by atoms with van der Waals surface area (Å²) >= 11 is 0. The molecule has 114 valence electrons. The molecule has 0 saturated carbocycles. The number of fused-ring (bicyclic) bond motifs is 1. The minimum Gasteiger partial charge on any atom is -0.361 e. The third-order valence-electron chi connectivity index (χ3n) is 3.53. The number of aromatic nitrogens is 4. The lowest BCUT2D eigenvalue weighted by Gasteiger charge is -2.15. The normalized spacial score (nSPS) is 11.1. The Kier molecular flexibility index (Phi) is 3.40. The summed E-state index contributed by atoms with van der Waals surface area (Å²) in [5.41, 5.74) is 2.88. The van der Waals surface area contributed by atoms with Crippen LogP contribution < -0.4 is 0 Å². The number of pyridine rings is 1. The van der Waals surface area contributed by atoms with Crippen molar-refractivity contribution >= 4 is 16.9 Å². The molecule has 0 aliphatic rings. The monoisotopic (exact) mass is 299 g/mol. The first-order valence-corrected chi connectivity index (χ1v) is 6.92. The molecule has 7 heteroatoms. The van der Waals surface area contributed by atoms with E-state index in [9.17, 15) is 4.79 Å². The lowest BCUT2D eigenvalue weighted by atomic mass is 10.2. The second-order valence-corrected chi connectivity index (χ2v) is 5.39. The Hall–Kier alpha value is -2.70. The number of carbonyl (C=O) groups excluding carboxylic acids is 1. The Morgan fingerprint density at radius 3 is 2.82 bits per heavy atom. The summed E-state index contributed by atoms with van der Waals surface area (Å²) in [5.74, 6) is 0.614. The molecule has 0 bridgehead atoms. The minimum absolute atomic E-state index is 0.113. The Bertz CT molecular complexity index is 849. The van der Waals surface area contributed by atoms with Gasteiger partial charge in [0, 0.05) is 31.7 Å². The zero-order valence-electron chi connectivity index (χ0n) is 13.0. The van der Waals surface area contributed by atoms with Gasteiger partial charge in [-0.1, -0.05) is 5.16 Å². The molecule has 0 aliphatic carbocycles. The average Bonchev–Trinajstić information content (AvgIpc) is 3.02. The smallest absolute Gasteiger partial charge is 0.255 e. The Labute approximate surface area is 127 Å². The van der Waals surface area contributed by atoms with Crippen molar-refractivity contribution in [2.45, 2.75) is 20.4 Å². The van der Waals surface area contributed by atoms with Gasteiger partial charge in [0.15, 0.2) is 5.65 Å². The fourth-order valence-electron chi connectivity index (χ4n) is 2.45. The highest BCUT2D eigenvalue weighted by molar-refractivity contribution is 5.97. The van der Waals surface area contributed by atoms with Crippen LogP contribution in [0.15, 0.2) is 22.9 Å². The summed E-state index contributed by atoms with van der Waals surface area (Å²) in [5, 5.41) is 9.10. The van der Waals surface area contributed by atoms with Gasteiger partial charge in [-0.3, -0.25) is 9.48 Å². The molecule has 3 heterocycles. The number of amides is 1. The standard InChI is InChI=1S/C15H17N5O2/c1-9-5-12(18-22-9)8-19(3)15(21)11-6-13-10(2)17-20(4)14(13)16-7-11/h5-7H,8H2,1-4H3. The molecule has 0 fully saturated rings. The highest BCUT2D eigenvalue weighted by Gasteiger charge is 2.16. The first-order chi connectivity index (χ1) is 10.5. The van der Waals surface area contributed by atoms with Crippen LogP contribution in [0.2, 0.25) is 0 Å². The zero-order valence-corrected chi connectivity index (χ0v) is 13.0. The quantitative estimate of drug-likeness (QED) is 0.737. The van der Waals surface area contributed by atoms with Crippen molar-refractivity contribution < 1.29 is 9.32 Å². The molecule has 22 heavy (non-hydrogen) atoms. The van der Waals surface area contributed by atoms with Gasteiger partial charge in [0.1, 0.15) is 11.5 Å². The zero-order chi connectivity index (χ0) is 15.9. The Balaban J connectivity index is 1.86. The highest BCUT2D eigenvalue weighted by atomic mass is 16.5. The van der Waals surface area contributed by atoms with Gasteiger partial charge in [0.2, 0.25) is 0 Å². The van der Waals surface area contributed by atoms with E-state index >= 15 is 0 Å². The average molecular weight is 299 g/mol. The highest BCUT2D eigenvalue weighted by Crippen LogP contribution is 2.17. The molecule has 3 rings (SSSR count). The van der Waals surface area contributed by atoms with Gasteiger partial charge in [-0.2, -0.15) is 5.10 Å². The van der Waals surface area contributed by atoms with Crippen LogP contribution in [0.25, 0.3) is 11.0 Å². The summed E-state index contributed by atoms with van der Waals surface area (Å²) in [6.07, 6.45) is 1.58. The van der Waals surface area contributed by atoms with E-state index in [0.717, 1.165) is 28.2 Å². The van der Waals surface area contributed by atoms with E-state index in [4.69, 9.17) is 4.52 Å². The van der Waals surface area contributed by atoms with Crippen molar-refractivity contribution in [3.8, 4) is 0 Å². The lowest BCUT2D eigenvalue weighted by Crippen LogP contribution is -2.26. The van der Waals surface area contributed by atoms with E-state index in [1.807, 2.05) is 33.0 Å². The minimum atomic E-state index is -0.113. The largest absolute Gasteiger partial charge is 0.361 e. The first-order valence-electron chi connectivity index (χ1n) is 6.92. The van der Waals surface area contributed by atoms with E-state index in [-0.39, 0.29) is 5.91 Å². The summed E-state index contributed by atoms with van der Waals surface area (Å²) in [6, 6.07) is 3.65. The molecule has 0 aromatic carbocycles. The molecule has 3 aromatic rings. The first kappa shape index (κ1) is 14.2. The fourth-order valence-corrected chi connectivity index (χ4v) is 2.45. The van der Waals surface area contributed by atoms with Crippen LogP contribution in [0, 0.1) is 13.8 Å². The maximum atomic E-state index is 12.5. The summed E-state index contributed by atoms with van der Waals surface area (Å²) in [4.78, 5) is 18.4. The molecule has 0 atom stereocenters. The van der Waals surface area contributed by atoms with Crippen LogP contribution in [0.1, 0.15) is 27.5 Å². The molecular formula is C15H17N5O2. The van der Waals surface area contributed by atoms with Gasteiger partial charge < -0.3 is 9.42 Å².